The highest BCUT2D eigenvalue weighted by molar-refractivity contribution is 5.80. The molecule has 5 nitrogen and oxygen atoms in total. The van der Waals surface area contributed by atoms with E-state index in [2.05, 4.69) is 41.6 Å². The van der Waals surface area contributed by atoms with E-state index in [1.54, 1.807) is 6.07 Å². The van der Waals surface area contributed by atoms with Gasteiger partial charge in [0.05, 0.1) is 17.6 Å². The maximum absolute atomic E-state index is 14.1. The molecule has 2 N–H and O–H groups in total. The molecule has 2 aliphatic carbocycles. The number of anilines is 1. The number of aromatic nitrogens is 1. The molecule has 1 aromatic heterocycles. The number of alkyl halides is 3. The van der Waals surface area contributed by atoms with Gasteiger partial charge in [0, 0.05) is 30.0 Å². The zero-order chi connectivity index (χ0) is 24.3. The number of benzene rings is 1. The third kappa shape index (κ3) is 3.85. The first kappa shape index (κ1) is 23.1. The molecule has 2 fully saturated rings. The molecule has 8 heteroatoms. The highest BCUT2D eigenvalue weighted by Gasteiger charge is 2.54. The quantitative estimate of drug-likeness (QED) is 0.668. The Hall–Kier alpha value is -2.61. The molecule has 5 rings (SSSR count). The topological polar surface area (TPSA) is 57.3 Å². The van der Waals surface area contributed by atoms with Gasteiger partial charge in [0.15, 0.2) is 6.04 Å². The van der Waals surface area contributed by atoms with Gasteiger partial charge < -0.3 is 15.5 Å². The monoisotopic (exact) mass is 472 g/mol. The fraction of sp³-hybridized carbons (Fsp3) is 0.538. The van der Waals surface area contributed by atoms with Gasteiger partial charge in [0.1, 0.15) is 0 Å². The largest absolute Gasteiger partial charge is 0.414 e. The summed E-state index contributed by atoms with van der Waals surface area (Å²) in [6.07, 6.45) is -0.125. The fourth-order valence-corrected chi connectivity index (χ4v) is 5.96. The van der Waals surface area contributed by atoms with Crippen LogP contribution in [-0.2, 0) is 16.6 Å². The second kappa shape index (κ2) is 7.97. The van der Waals surface area contributed by atoms with E-state index in [4.69, 9.17) is 0 Å². The van der Waals surface area contributed by atoms with Gasteiger partial charge in [-0.3, -0.25) is 9.78 Å². The van der Waals surface area contributed by atoms with Crippen molar-refractivity contribution in [2.75, 3.05) is 18.9 Å². The first-order valence-electron chi connectivity index (χ1n) is 11.9. The second-order valence-electron chi connectivity index (χ2n) is 10.7. The Balaban J connectivity index is 1.30. The van der Waals surface area contributed by atoms with Gasteiger partial charge in [-0.1, -0.05) is 38.1 Å². The smallest absolute Gasteiger partial charge is 0.380 e. The van der Waals surface area contributed by atoms with Crippen molar-refractivity contribution < 1.29 is 18.0 Å². The van der Waals surface area contributed by atoms with Crippen molar-refractivity contribution in [1.82, 2.24) is 15.2 Å². The summed E-state index contributed by atoms with van der Waals surface area (Å²) in [5.74, 6) is -0.828. The van der Waals surface area contributed by atoms with Gasteiger partial charge in [-0.2, -0.15) is 13.2 Å². The fourth-order valence-electron chi connectivity index (χ4n) is 5.96. The Kier molecular flexibility index (Phi) is 5.43. The summed E-state index contributed by atoms with van der Waals surface area (Å²) in [6, 6.07) is 9.36. The van der Waals surface area contributed by atoms with Crippen LogP contribution in [-0.4, -0.2) is 47.1 Å². The molecule has 3 aliphatic rings. The van der Waals surface area contributed by atoms with Crippen LogP contribution in [0, 0.1) is 5.92 Å². The summed E-state index contributed by atoms with van der Waals surface area (Å²) in [5, 5.41) is 6.77. The number of rotatable bonds is 5. The van der Waals surface area contributed by atoms with Crippen molar-refractivity contribution in [3.8, 4) is 0 Å². The lowest BCUT2D eigenvalue weighted by Crippen LogP contribution is -2.66. The van der Waals surface area contributed by atoms with E-state index >= 15 is 0 Å². The summed E-state index contributed by atoms with van der Waals surface area (Å²) in [7, 11) is 1.24. The van der Waals surface area contributed by atoms with Crippen LogP contribution in [0.25, 0.3) is 0 Å². The Morgan fingerprint density at radius 3 is 2.47 bits per heavy atom. The van der Waals surface area contributed by atoms with Crippen LogP contribution in [0.4, 0.5) is 18.9 Å². The van der Waals surface area contributed by atoms with E-state index in [1.807, 2.05) is 12.1 Å². The first-order valence-corrected chi connectivity index (χ1v) is 11.9. The molecule has 1 aromatic carbocycles. The number of pyridine rings is 1. The number of carbonyl (C=O) groups excluding carboxylic acids is 1. The van der Waals surface area contributed by atoms with Crippen LogP contribution >= 0.6 is 0 Å². The van der Waals surface area contributed by atoms with Crippen LogP contribution < -0.4 is 10.6 Å². The maximum atomic E-state index is 14.1. The van der Waals surface area contributed by atoms with Crippen LogP contribution in [0.5, 0.6) is 0 Å². The summed E-state index contributed by atoms with van der Waals surface area (Å²) in [4.78, 5) is 17.8. The predicted molar refractivity (Wildman–Crippen MR) is 124 cm³/mol. The number of carbonyl (C=O) groups is 1. The number of halogens is 3. The molecule has 2 atom stereocenters. The third-order valence-electron chi connectivity index (χ3n) is 8.19. The molecule has 1 saturated heterocycles. The Labute approximate surface area is 198 Å². The van der Waals surface area contributed by atoms with Gasteiger partial charge >= 0.3 is 6.18 Å². The van der Waals surface area contributed by atoms with Gasteiger partial charge in [0.25, 0.3) is 0 Å². The molecule has 1 unspecified atom stereocenters. The van der Waals surface area contributed by atoms with E-state index in [0.717, 1.165) is 24.3 Å². The molecule has 2 aromatic rings. The molecule has 0 radical (unpaired) electrons. The minimum atomic E-state index is -4.61. The minimum Gasteiger partial charge on any atom is -0.380 e. The van der Waals surface area contributed by atoms with Gasteiger partial charge in [0.2, 0.25) is 5.91 Å². The van der Waals surface area contributed by atoms with E-state index in [9.17, 15) is 18.0 Å². The predicted octanol–water partition coefficient (Wildman–Crippen LogP) is 4.60. The molecule has 34 heavy (non-hydrogen) atoms. The number of nitrogens with one attached hydrogen (secondary N) is 2. The van der Waals surface area contributed by atoms with Crippen LogP contribution in [0.3, 0.4) is 0 Å². The molecular weight excluding hydrogens is 441 g/mol. The SMILES string of the molecule is CN(C(=O)C1CC2(CCN2)C1)[C@@H](c1ccc(NC2Cc3ccccc3C2(C)C)cn1)C(F)(F)F. The van der Waals surface area contributed by atoms with E-state index in [0.29, 0.717) is 18.5 Å². The molecule has 1 saturated carbocycles. The zero-order valence-electron chi connectivity index (χ0n) is 19.7. The molecular formula is C26H31F3N4O. The molecule has 1 spiro atoms. The highest BCUT2D eigenvalue weighted by atomic mass is 19.4. The molecule has 2 heterocycles. The molecule has 0 bridgehead atoms. The maximum Gasteiger partial charge on any atom is 0.414 e. The minimum absolute atomic E-state index is 0.0197. The van der Waals surface area contributed by atoms with Crippen molar-refractivity contribution in [1.29, 1.82) is 0 Å². The number of hydrogen-bond acceptors (Lipinski definition) is 4. The zero-order valence-corrected chi connectivity index (χ0v) is 19.7. The Morgan fingerprint density at radius 1 is 1.21 bits per heavy atom. The van der Waals surface area contributed by atoms with Crippen molar-refractivity contribution in [3.63, 3.8) is 0 Å². The van der Waals surface area contributed by atoms with E-state index in [1.165, 1.54) is 30.4 Å². The third-order valence-corrected chi connectivity index (χ3v) is 8.19. The van der Waals surface area contributed by atoms with Crippen molar-refractivity contribution in [3.05, 3.63) is 59.4 Å². The number of hydrogen-bond donors (Lipinski definition) is 2. The lowest BCUT2D eigenvalue weighted by molar-refractivity contribution is -0.193. The van der Waals surface area contributed by atoms with Crippen LogP contribution in [0.1, 0.15) is 56.0 Å². The van der Waals surface area contributed by atoms with Crippen molar-refractivity contribution >= 4 is 11.6 Å². The van der Waals surface area contributed by atoms with E-state index < -0.39 is 18.1 Å². The van der Waals surface area contributed by atoms with Crippen LogP contribution in [0.15, 0.2) is 42.6 Å². The standard InChI is InChI=1S/C26H31F3N4O/c1-24(2)19-7-5-4-6-16(19)12-21(24)32-18-8-9-20(30-15-18)22(26(27,28)29)33(3)23(34)17-13-25(14-17)10-11-31-25/h4-9,15,17,21-22,31-32H,10-14H2,1-3H3/t17?,21?,22-,25?/m0/s1. The average Bonchev–Trinajstić information content (AvgIpc) is 2.96. The lowest BCUT2D eigenvalue weighted by Gasteiger charge is -2.55. The molecule has 1 aliphatic heterocycles. The lowest BCUT2D eigenvalue weighted by atomic mass is 9.62. The highest BCUT2D eigenvalue weighted by Crippen LogP contribution is 2.47. The molecule has 182 valence electrons. The van der Waals surface area contributed by atoms with Gasteiger partial charge in [-0.15, -0.1) is 0 Å². The van der Waals surface area contributed by atoms with Crippen molar-refractivity contribution in [2.24, 2.45) is 5.92 Å². The van der Waals surface area contributed by atoms with Crippen LogP contribution in [0.2, 0.25) is 0 Å². The summed E-state index contributed by atoms with van der Waals surface area (Å²) in [5.41, 5.74) is 2.92. The molecule has 1 amide bonds. The second-order valence-corrected chi connectivity index (χ2v) is 10.7. The first-order chi connectivity index (χ1) is 16.0. The average molecular weight is 473 g/mol. The summed E-state index contributed by atoms with van der Waals surface area (Å²) < 4.78 is 42.2. The summed E-state index contributed by atoms with van der Waals surface area (Å²) in [6.45, 7) is 5.25. The van der Waals surface area contributed by atoms with Gasteiger partial charge in [-0.05, 0) is 55.5 Å². The summed E-state index contributed by atoms with van der Waals surface area (Å²) >= 11 is 0. The number of amides is 1. The Morgan fingerprint density at radius 2 is 1.91 bits per heavy atom. The van der Waals surface area contributed by atoms with E-state index in [-0.39, 0.29) is 28.6 Å². The Bertz CT molecular complexity index is 1070. The number of fused-ring (bicyclic) bond motifs is 1. The van der Waals surface area contributed by atoms with Gasteiger partial charge in [-0.25, -0.2) is 0 Å². The van der Waals surface area contributed by atoms with Crippen molar-refractivity contribution in [2.45, 2.75) is 68.7 Å². The normalized spacial score (nSPS) is 27.9. The number of nitrogens with zero attached hydrogens (tertiary/aromatic N) is 2.